The molecule has 0 saturated carbocycles. The lowest BCUT2D eigenvalue weighted by Crippen LogP contribution is -2.40. The predicted molar refractivity (Wildman–Crippen MR) is 76.2 cm³/mol. The fourth-order valence-corrected chi connectivity index (χ4v) is 2.20. The highest BCUT2D eigenvalue weighted by molar-refractivity contribution is 8.13. The molecule has 2 rings (SSSR count). The number of methoxy groups -OCH3 is 1. The van der Waals surface area contributed by atoms with E-state index in [4.69, 9.17) is 21.1 Å². The Morgan fingerprint density at radius 1 is 1.50 bits per heavy atom. The second-order valence-electron chi connectivity index (χ2n) is 3.77. The molecule has 0 aliphatic carbocycles. The van der Waals surface area contributed by atoms with E-state index in [0.29, 0.717) is 17.3 Å². The molecule has 1 aromatic rings. The lowest BCUT2D eigenvalue weighted by Gasteiger charge is -2.23. The van der Waals surface area contributed by atoms with Gasteiger partial charge in [0.1, 0.15) is 17.6 Å². The lowest BCUT2D eigenvalue weighted by molar-refractivity contribution is 0.207. The third-order valence-corrected chi connectivity index (χ3v) is 3.52. The monoisotopic (exact) mass is 286 g/mol. The highest BCUT2D eigenvalue weighted by Gasteiger charge is 2.17. The number of hydrogen-bond acceptors (Lipinski definition) is 5. The smallest absolute Gasteiger partial charge is 0.156 e. The van der Waals surface area contributed by atoms with Crippen LogP contribution in [0.1, 0.15) is 0 Å². The van der Waals surface area contributed by atoms with Crippen molar-refractivity contribution in [3.63, 3.8) is 0 Å². The van der Waals surface area contributed by atoms with E-state index in [9.17, 15) is 0 Å². The first-order chi connectivity index (χ1) is 8.72. The van der Waals surface area contributed by atoms with Gasteiger partial charge in [0.2, 0.25) is 0 Å². The van der Waals surface area contributed by atoms with Crippen LogP contribution in [-0.2, 0) is 0 Å². The van der Waals surface area contributed by atoms with Crippen LogP contribution in [0.5, 0.6) is 11.5 Å². The number of benzene rings is 1. The number of nitrogens with one attached hydrogen (secondary N) is 1. The summed E-state index contributed by atoms with van der Waals surface area (Å²) in [6, 6.07) is 5.36. The van der Waals surface area contributed by atoms with Crippen molar-refractivity contribution in [2.45, 2.75) is 6.10 Å². The topological polar surface area (TPSA) is 42.9 Å². The van der Waals surface area contributed by atoms with E-state index in [0.717, 1.165) is 17.5 Å². The van der Waals surface area contributed by atoms with Gasteiger partial charge in [0.05, 0.1) is 25.2 Å². The number of halogens is 1. The number of ether oxygens (including phenoxy) is 2. The molecule has 1 aliphatic rings. The van der Waals surface area contributed by atoms with Crippen molar-refractivity contribution in [1.82, 2.24) is 5.32 Å². The van der Waals surface area contributed by atoms with Crippen LogP contribution in [0.25, 0.3) is 0 Å². The molecule has 98 valence electrons. The molecule has 1 unspecified atom stereocenters. The molecule has 1 atom stereocenters. The van der Waals surface area contributed by atoms with E-state index in [1.54, 1.807) is 37.1 Å². The van der Waals surface area contributed by atoms with Gasteiger partial charge in [-0.05, 0) is 18.4 Å². The summed E-state index contributed by atoms with van der Waals surface area (Å²) >= 11 is 7.69. The standard InChI is InChI=1S/C12H15ClN2O2S/c1-16-8-3-4-10(13)11(5-8)17-9-6-14-12(18-2)15-7-9/h3-5,9H,6-7H2,1-2H3,(H,14,15). The Morgan fingerprint density at radius 3 is 2.94 bits per heavy atom. The van der Waals surface area contributed by atoms with Crippen LogP contribution in [-0.4, -0.2) is 37.7 Å². The molecule has 0 aromatic heterocycles. The molecular formula is C12H15ClN2O2S. The highest BCUT2D eigenvalue weighted by atomic mass is 35.5. The molecule has 4 nitrogen and oxygen atoms in total. The second kappa shape index (κ2) is 6.20. The van der Waals surface area contributed by atoms with Crippen LogP contribution in [0.3, 0.4) is 0 Å². The first-order valence-corrected chi connectivity index (χ1v) is 7.15. The molecule has 0 spiro atoms. The minimum absolute atomic E-state index is 0.00879. The number of nitrogens with zero attached hydrogens (tertiary/aromatic N) is 1. The summed E-state index contributed by atoms with van der Waals surface area (Å²) in [6.07, 6.45) is 1.98. The molecule has 1 N–H and O–H groups in total. The summed E-state index contributed by atoms with van der Waals surface area (Å²) in [6.45, 7) is 1.37. The molecule has 0 fully saturated rings. The van der Waals surface area contributed by atoms with Crippen LogP contribution in [0.2, 0.25) is 5.02 Å². The summed E-state index contributed by atoms with van der Waals surface area (Å²) < 4.78 is 11.0. The maximum Gasteiger partial charge on any atom is 0.156 e. The SMILES string of the molecule is COc1ccc(Cl)c(OC2CN=C(SC)NC2)c1. The summed E-state index contributed by atoms with van der Waals surface area (Å²) in [4.78, 5) is 4.37. The molecule has 1 aromatic carbocycles. The Labute approximate surface area is 116 Å². The Morgan fingerprint density at radius 2 is 2.33 bits per heavy atom. The van der Waals surface area contributed by atoms with Crippen LogP contribution in [0, 0.1) is 0 Å². The van der Waals surface area contributed by atoms with Crippen molar-refractivity contribution in [3.05, 3.63) is 23.2 Å². The van der Waals surface area contributed by atoms with E-state index < -0.39 is 0 Å². The van der Waals surface area contributed by atoms with E-state index in [2.05, 4.69) is 10.3 Å². The third kappa shape index (κ3) is 3.23. The average molecular weight is 287 g/mol. The van der Waals surface area contributed by atoms with Gasteiger partial charge in [-0.2, -0.15) is 0 Å². The van der Waals surface area contributed by atoms with Gasteiger partial charge < -0.3 is 14.8 Å². The molecule has 0 radical (unpaired) electrons. The van der Waals surface area contributed by atoms with Crippen LogP contribution < -0.4 is 14.8 Å². The Balaban J connectivity index is 2.04. The van der Waals surface area contributed by atoms with Gasteiger partial charge in [-0.15, -0.1) is 0 Å². The van der Waals surface area contributed by atoms with Crippen LogP contribution in [0.4, 0.5) is 0 Å². The molecular weight excluding hydrogens is 272 g/mol. The van der Waals surface area contributed by atoms with Gasteiger partial charge in [0.15, 0.2) is 5.17 Å². The number of thioether (sulfide) groups is 1. The predicted octanol–water partition coefficient (Wildman–Crippen LogP) is 2.42. The van der Waals surface area contributed by atoms with E-state index in [-0.39, 0.29) is 6.10 Å². The maximum atomic E-state index is 6.09. The number of aliphatic imine (C=N–C) groups is 1. The van der Waals surface area contributed by atoms with Gasteiger partial charge in [0, 0.05) is 6.07 Å². The third-order valence-electron chi connectivity index (χ3n) is 2.54. The minimum Gasteiger partial charge on any atom is -0.497 e. The van der Waals surface area contributed by atoms with Gasteiger partial charge in [-0.25, -0.2) is 0 Å². The first-order valence-electron chi connectivity index (χ1n) is 5.55. The van der Waals surface area contributed by atoms with Crippen molar-refractivity contribution in [1.29, 1.82) is 0 Å². The fraction of sp³-hybridized carbons (Fsp3) is 0.417. The molecule has 0 bridgehead atoms. The number of amidine groups is 1. The fourth-order valence-electron chi connectivity index (χ4n) is 1.60. The van der Waals surface area contributed by atoms with Gasteiger partial charge in [-0.3, -0.25) is 4.99 Å². The van der Waals surface area contributed by atoms with Crippen molar-refractivity contribution in [2.75, 3.05) is 26.5 Å². The quantitative estimate of drug-likeness (QED) is 0.927. The maximum absolute atomic E-state index is 6.09. The molecule has 18 heavy (non-hydrogen) atoms. The lowest BCUT2D eigenvalue weighted by atomic mass is 10.3. The zero-order chi connectivity index (χ0) is 13.0. The zero-order valence-electron chi connectivity index (χ0n) is 10.3. The van der Waals surface area contributed by atoms with Crippen LogP contribution >= 0.6 is 23.4 Å². The van der Waals surface area contributed by atoms with Crippen molar-refractivity contribution in [3.8, 4) is 11.5 Å². The van der Waals surface area contributed by atoms with E-state index in [1.807, 2.05) is 6.26 Å². The second-order valence-corrected chi connectivity index (χ2v) is 4.97. The average Bonchev–Trinajstić information content (AvgIpc) is 2.42. The van der Waals surface area contributed by atoms with E-state index in [1.165, 1.54) is 0 Å². The molecule has 1 heterocycles. The largest absolute Gasteiger partial charge is 0.497 e. The Kier molecular flexibility index (Phi) is 4.60. The zero-order valence-corrected chi connectivity index (χ0v) is 11.8. The molecule has 0 saturated heterocycles. The summed E-state index contributed by atoms with van der Waals surface area (Å²) in [5.41, 5.74) is 0. The van der Waals surface area contributed by atoms with Gasteiger partial charge in [-0.1, -0.05) is 23.4 Å². The van der Waals surface area contributed by atoms with Gasteiger partial charge >= 0.3 is 0 Å². The normalized spacial score (nSPS) is 18.8. The summed E-state index contributed by atoms with van der Waals surface area (Å²) in [7, 11) is 1.62. The van der Waals surface area contributed by atoms with Gasteiger partial charge in [0.25, 0.3) is 0 Å². The van der Waals surface area contributed by atoms with Crippen LogP contribution in [0.15, 0.2) is 23.2 Å². The first kappa shape index (κ1) is 13.4. The summed E-state index contributed by atoms with van der Waals surface area (Å²) in [5.74, 6) is 1.36. The molecule has 6 heteroatoms. The van der Waals surface area contributed by atoms with Crippen molar-refractivity contribution >= 4 is 28.5 Å². The number of hydrogen-bond donors (Lipinski definition) is 1. The van der Waals surface area contributed by atoms with Crippen molar-refractivity contribution < 1.29 is 9.47 Å². The highest BCUT2D eigenvalue weighted by Crippen LogP contribution is 2.29. The Bertz CT molecular complexity index is 454. The summed E-state index contributed by atoms with van der Waals surface area (Å²) in [5, 5.41) is 4.73. The molecule has 1 aliphatic heterocycles. The Hall–Kier alpha value is -1.07. The van der Waals surface area contributed by atoms with Crippen molar-refractivity contribution in [2.24, 2.45) is 4.99 Å². The molecule has 0 amide bonds. The number of rotatable bonds is 3. The minimum atomic E-state index is -0.00879. The van der Waals surface area contributed by atoms with E-state index >= 15 is 0 Å².